The van der Waals surface area contributed by atoms with E-state index in [9.17, 15) is 9.59 Å². The third kappa shape index (κ3) is 6.50. The zero-order valence-corrected chi connectivity index (χ0v) is 23.3. The molecule has 3 aromatic rings. The van der Waals surface area contributed by atoms with Gasteiger partial charge in [-0.05, 0) is 77.9 Å². The van der Waals surface area contributed by atoms with Crippen LogP contribution in [0.15, 0.2) is 74.5 Å². The Labute approximate surface area is 229 Å². The lowest BCUT2D eigenvalue weighted by molar-refractivity contribution is -0.123. The second kappa shape index (κ2) is 11.6. The van der Waals surface area contributed by atoms with Crippen molar-refractivity contribution in [3.63, 3.8) is 0 Å². The van der Waals surface area contributed by atoms with Crippen LogP contribution >= 0.6 is 55.2 Å². The summed E-state index contributed by atoms with van der Waals surface area (Å²) in [6, 6.07) is 18.8. The summed E-state index contributed by atoms with van der Waals surface area (Å²) < 4.78 is 13.7. The van der Waals surface area contributed by atoms with Gasteiger partial charge in [-0.1, -0.05) is 67.7 Å². The largest absolute Gasteiger partial charge is 0.490 e. The second-order valence-corrected chi connectivity index (χ2v) is 10.8. The average molecular weight is 638 g/mol. The Hall–Kier alpha value is -2.26. The van der Waals surface area contributed by atoms with E-state index < -0.39 is 0 Å². The van der Waals surface area contributed by atoms with Crippen LogP contribution in [0.25, 0.3) is 6.08 Å². The van der Waals surface area contributed by atoms with Crippen LogP contribution in [0.2, 0.25) is 5.02 Å². The predicted octanol–water partition coefficient (Wildman–Crippen LogP) is 8.08. The molecule has 4 rings (SSSR count). The van der Waals surface area contributed by atoms with Crippen molar-refractivity contribution in [3.05, 3.63) is 96.2 Å². The first-order chi connectivity index (χ1) is 16.8. The predicted molar refractivity (Wildman–Crippen MR) is 147 cm³/mol. The number of halogens is 3. The van der Waals surface area contributed by atoms with Crippen molar-refractivity contribution in [1.82, 2.24) is 4.90 Å². The summed E-state index contributed by atoms with van der Waals surface area (Å²) in [6.45, 7) is 2.81. The van der Waals surface area contributed by atoms with E-state index in [4.69, 9.17) is 21.1 Å². The molecule has 0 radical (unpaired) electrons. The average Bonchev–Trinajstić information content (AvgIpc) is 3.08. The maximum atomic E-state index is 13.0. The van der Waals surface area contributed by atoms with E-state index in [0.29, 0.717) is 40.2 Å². The Morgan fingerprint density at radius 2 is 1.57 bits per heavy atom. The van der Waals surface area contributed by atoms with Crippen molar-refractivity contribution in [1.29, 1.82) is 0 Å². The van der Waals surface area contributed by atoms with Gasteiger partial charge in [-0.2, -0.15) is 0 Å². The van der Waals surface area contributed by atoms with E-state index in [1.807, 2.05) is 55.5 Å². The van der Waals surface area contributed by atoms with Crippen molar-refractivity contribution in [2.75, 3.05) is 6.61 Å². The van der Waals surface area contributed by atoms with Crippen LogP contribution in [0.4, 0.5) is 4.79 Å². The van der Waals surface area contributed by atoms with Gasteiger partial charge in [0.1, 0.15) is 6.61 Å². The molecule has 0 saturated carbocycles. The zero-order valence-electron chi connectivity index (χ0n) is 18.6. The first-order valence-corrected chi connectivity index (χ1v) is 13.5. The number of carbonyl (C=O) groups is 2. The van der Waals surface area contributed by atoms with E-state index in [0.717, 1.165) is 31.8 Å². The summed E-state index contributed by atoms with van der Waals surface area (Å²) in [6.07, 6.45) is 1.65. The van der Waals surface area contributed by atoms with Crippen LogP contribution in [0.3, 0.4) is 0 Å². The van der Waals surface area contributed by atoms with Crippen LogP contribution in [0.1, 0.15) is 23.6 Å². The van der Waals surface area contributed by atoms with Gasteiger partial charge in [0.2, 0.25) is 0 Å². The maximum absolute atomic E-state index is 13.0. The molecule has 0 aliphatic carbocycles. The van der Waals surface area contributed by atoms with Gasteiger partial charge in [0.25, 0.3) is 11.1 Å². The molecule has 9 heteroatoms. The van der Waals surface area contributed by atoms with Gasteiger partial charge in [-0.3, -0.25) is 14.5 Å². The van der Waals surface area contributed by atoms with Crippen molar-refractivity contribution in [2.24, 2.45) is 0 Å². The van der Waals surface area contributed by atoms with Gasteiger partial charge in [0, 0.05) is 8.95 Å². The number of amides is 2. The molecule has 0 unspecified atom stereocenters. The van der Waals surface area contributed by atoms with Crippen LogP contribution in [0, 0.1) is 0 Å². The number of thioether (sulfide) groups is 1. The van der Waals surface area contributed by atoms with Gasteiger partial charge in [-0.15, -0.1) is 0 Å². The van der Waals surface area contributed by atoms with Crippen LogP contribution < -0.4 is 9.47 Å². The van der Waals surface area contributed by atoms with Crippen molar-refractivity contribution < 1.29 is 19.1 Å². The smallest absolute Gasteiger partial charge is 0.293 e. The summed E-state index contributed by atoms with van der Waals surface area (Å²) in [5.41, 5.74) is 2.49. The standard InChI is InChI=1S/C26H20Br2ClNO4S/c1-2-33-22-12-18(11-21(29)24(22)34-15-17-5-9-20(28)10-6-17)13-23-25(31)30(26(32)35-23)14-16-3-7-19(27)8-4-16/h3-13H,2,14-15H2,1H3/b23-13-. The SMILES string of the molecule is CCOc1cc(/C=C2\SC(=O)N(Cc3ccc(Br)cc3)C2=O)cc(Cl)c1OCc1ccc(Br)cc1. The summed E-state index contributed by atoms with van der Waals surface area (Å²) in [7, 11) is 0. The summed E-state index contributed by atoms with van der Waals surface area (Å²) in [5.74, 6) is 0.557. The minimum atomic E-state index is -0.340. The molecule has 0 N–H and O–H groups in total. The zero-order chi connectivity index (χ0) is 24.9. The Balaban J connectivity index is 1.54. The number of ether oxygens (including phenoxy) is 2. The topological polar surface area (TPSA) is 55.8 Å². The third-order valence-electron chi connectivity index (χ3n) is 5.05. The number of hydrogen-bond donors (Lipinski definition) is 0. The van der Waals surface area contributed by atoms with Gasteiger partial charge < -0.3 is 9.47 Å². The van der Waals surface area contributed by atoms with E-state index >= 15 is 0 Å². The Morgan fingerprint density at radius 1 is 0.943 bits per heavy atom. The van der Waals surface area contributed by atoms with Crippen molar-refractivity contribution >= 4 is 72.4 Å². The molecule has 0 spiro atoms. The molecule has 5 nitrogen and oxygen atoms in total. The summed E-state index contributed by atoms with van der Waals surface area (Å²) in [4.78, 5) is 27.0. The highest BCUT2D eigenvalue weighted by atomic mass is 79.9. The Bertz CT molecular complexity index is 1280. The quantitative estimate of drug-likeness (QED) is 0.234. The number of nitrogens with zero attached hydrogens (tertiary/aromatic N) is 1. The third-order valence-corrected chi connectivity index (χ3v) is 7.30. The van der Waals surface area contributed by atoms with Crippen molar-refractivity contribution in [3.8, 4) is 11.5 Å². The highest BCUT2D eigenvalue weighted by Crippen LogP contribution is 2.40. The lowest BCUT2D eigenvalue weighted by Crippen LogP contribution is -2.27. The molecule has 2 amide bonds. The number of rotatable bonds is 8. The molecule has 1 fully saturated rings. The molecule has 35 heavy (non-hydrogen) atoms. The van der Waals surface area contributed by atoms with Crippen LogP contribution in [-0.4, -0.2) is 22.7 Å². The molecule has 1 heterocycles. The highest BCUT2D eigenvalue weighted by molar-refractivity contribution is 9.10. The first-order valence-electron chi connectivity index (χ1n) is 10.7. The molecular weight excluding hydrogens is 618 g/mol. The number of carbonyl (C=O) groups excluding carboxylic acids is 2. The minimum Gasteiger partial charge on any atom is -0.490 e. The molecule has 1 aliphatic rings. The van der Waals surface area contributed by atoms with E-state index in [-0.39, 0.29) is 17.7 Å². The molecule has 0 atom stereocenters. The van der Waals surface area contributed by atoms with Gasteiger partial charge in [-0.25, -0.2) is 0 Å². The Kier molecular flexibility index (Phi) is 8.59. The van der Waals surface area contributed by atoms with Gasteiger partial charge in [0.15, 0.2) is 11.5 Å². The molecular formula is C26H20Br2ClNO4S. The van der Waals surface area contributed by atoms with Crippen LogP contribution in [-0.2, 0) is 17.9 Å². The molecule has 180 valence electrons. The van der Waals surface area contributed by atoms with Crippen LogP contribution in [0.5, 0.6) is 11.5 Å². The molecule has 1 aliphatic heterocycles. The number of imide groups is 1. The summed E-state index contributed by atoms with van der Waals surface area (Å²) >= 11 is 14.3. The molecule has 1 saturated heterocycles. The fourth-order valence-corrected chi connectivity index (χ4v) is 5.01. The lowest BCUT2D eigenvalue weighted by atomic mass is 10.1. The maximum Gasteiger partial charge on any atom is 0.293 e. The van der Waals surface area contributed by atoms with E-state index in [2.05, 4.69) is 31.9 Å². The van der Waals surface area contributed by atoms with E-state index in [1.165, 1.54) is 4.90 Å². The fourth-order valence-electron chi connectivity index (χ4n) is 3.37. The first kappa shape index (κ1) is 25.8. The molecule has 0 bridgehead atoms. The fraction of sp³-hybridized carbons (Fsp3) is 0.154. The number of benzene rings is 3. The van der Waals surface area contributed by atoms with Gasteiger partial charge in [0.05, 0.1) is 23.1 Å². The monoisotopic (exact) mass is 635 g/mol. The number of hydrogen-bond acceptors (Lipinski definition) is 5. The highest BCUT2D eigenvalue weighted by Gasteiger charge is 2.35. The second-order valence-electron chi connectivity index (χ2n) is 7.57. The normalized spacial score (nSPS) is 14.6. The van der Waals surface area contributed by atoms with E-state index in [1.54, 1.807) is 18.2 Å². The summed E-state index contributed by atoms with van der Waals surface area (Å²) in [5, 5.41) is 0.0446. The lowest BCUT2D eigenvalue weighted by Gasteiger charge is -2.15. The molecule has 0 aromatic heterocycles. The minimum absolute atomic E-state index is 0.211. The van der Waals surface area contributed by atoms with Crippen molar-refractivity contribution in [2.45, 2.75) is 20.1 Å². The Morgan fingerprint density at radius 3 is 2.20 bits per heavy atom. The molecule has 3 aromatic carbocycles. The van der Waals surface area contributed by atoms with Gasteiger partial charge >= 0.3 is 0 Å².